The van der Waals surface area contributed by atoms with E-state index < -0.39 is 0 Å². The van der Waals surface area contributed by atoms with Crippen LogP contribution in [0, 0.1) is 11.3 Å². The van der Waals surface area contributed by atoms with Gasteiger partial charge in [-0.2, -0.15) is 0 Å². The Hall–Kier alpha value is -0.610. The highest BCUT2D eigenvalue weighted by Gasteiger charge is 2.59. The number of carbonyl (C=O) groups is 1. The number of hydrogen-bond acceptors (Lipinski definition) is 3. The van der Waals surface area contributed by atoms with Crippen LogP contribution in [0.4, 0.5) is 0 Å². The highest BCUT2D eigenvalue weighted by atomic mass is 16.5. The van der Waals surface area contributed by atoms with Crippen molar-refractivity contribution in [3.63, 3.8) is 0 Å². The molecular weight excluding hydrogens is 252 g/mol. The Morgan fingerprint density at radius 3 is 2.70 bits per heavy atom. The third-order valence-electron chi connectivity index (χ3n) is 5.83. The van der Waals surface area contributed by atoms with Gasteiger partial charge < -0.3 is 15.0 Å². The van der Waals surface area contributed by atoms with Gasteiger partial charge in [0.15, 0.2) is 0 Å². The highest BCUT2D eigenvalue weighted by molar-refractivity contribution is 5.83. The van der Waals surface area contributed by atoms with Crippen LogP contribution in [0.25, 0.3) is 0 Å². The molecule has 4 aliphatic rings. The van der Waals surface area contributed by atoms with Crippen LogP contribution in [0.2, 0.25) is 0 Å². The predicted octanol–water partition coefficient (Wildman–Crippen LogP) is 1.55. The Morgan fingerprint density at radius 1 is 1.25 bits per heavy atom. The Balaban J connectivity index is 1.40. The summed E-state index contributed by atoms with van der Waals surface area (Å²) in [5.74, 6) is 0.775. The summed E-state index contributed by atoms with van der Waals surface area (Å²) in [7, 11) is 0. The summed E-state index contributed by atoms with van der Waals surface area (Å²) in [6.45, 7) is 3.80. The van der Waals surface area contributed by atoms with Crippen LogP contribution in [-0.2, 0) is 9.53 Å². The van der Waals surface area contributed by atoms with Gasteiger partial charge in [0, 0.05) is 37.8 Å². The van der Waals surface area contributed by atoms with E-state index >= 15 is 0 Å². The van der Waals surface area contributed by atoms with E-state index in [9.17, 15) is 4.79 Å². The first-order valence-electron chi connectivity index (χ1n) is 8.40. The smallest absolute Gasteiger partial charge is 0.226 e. The van der Waals surface area contributed by atoms with Crippen molar-refractivity contribution in [3.8, 4) is 0 Å². The van der Waals surface area contributed by atoms with Crippen LogP contribution in [0.15, 0.2) is 0 Å². The van der Waals surface area contributed by atoms with Gasteiger partial charge in [-0.05, 0) is 56.9 Å². The molecular formula is C16H26N2O2. The molecule has 2 unspecified atom stereocenters. The number of nitrogens with zero attached hydrogens (tertiary/aromatic N) is 1. The molecule has 2 heterocycles. The van der Waals surface area contributed by atoms with E-state index in [1.807, 2.05) is 0 Å². The Labute approximate surface area is 121 Å². The van der Waals surface area contributed by atoms with Gasteiger partial charge in [0.05, 0.1) is 0 Å². The van der Waals surface area contributed by atoms with Crippen molar-refractivity contribution in [2.45, 2.75) is 57.0 Å². The molecule has 1 spiro atoms. The van der Waals surface area contributed by atoms with Crippen LogP contribution in [0.1, 0.15) is 44.9 Å². The van der Waals surface area contributed by atoms with Crippen LogP contribution in [-0.4, -0.2) is 49.2 Å². The Morgan fingerprint density at radius 2 is 2.05 bits per heavy atom. The molecule has 0 aromatic heterocycles. The summed E-state index contributed by atoms with van der Waals surface area (Å²) in [5, 5.41) is 3.54. The molecule has 4 fully saturated rings. The molecule has 0 radical (unpaired) electrons. The Kier molecular flexibility index (Phi) is 3.26. The Bertz CT molecular complexity index is 382. The average Bonchev–Trinajstić information content (AvgIpc) is 3.37. The summed E-state index contributed by atoms with van der Waals surface area (Å²) in [4.78, 5) is 15.1. The molecule has 4 nitrogen and oxygen atoms in total. The van der Waals surface area contributed by atoms with E-state index in [2.05, 4.69) is 10.2 Å². The lowest BCUT2D eigenvalue weighted by atomic mass is 9.93. The molecule has 2 saturated heterocycles. The second-order valence-electron chi connectivity index (χ2n) is 7.25. The summed E-state index contributed by atoms with van der Waals surface area (Å²) in [6.07, 6.45) is 8.27. The normalized spacial score (nSPS) is 35.2. The van der Waals surface area contributed by atoms with Gasteiger partial charge in [0.25, 0.3) is 0 Å². The van der Waals surface area contributed by atoms with Gasteiger partial charge in [-0.25, -0.2) is 0 Å². The number of carbonyl (C=O) groups excluding carboxylic acids is 1. The summed E-state index contributed by atoms with van der Waals surface area (Å²) >= 11 is 0. The molecule has 20 heavy (non-hydrogen) atoms. The number of ether oxygens (including phenoxy) is 1. The topological polar surface area (TPSA) is 41.6 Å². The zero-order valence-electron chi connectivity index (χ0n) is 12.3. The zero-order valence-corrected chi connectivity index (χ0v) is 12.3. The van der Waals surface area contributed by atoms with Crippen LogP contribution in [0.5, 0.6) is 0 Å². The van der Waals surface area contributed by atoms with Crippen molar-refractivity contribution in [1.82, 2.24) is 10.2 Å². The van der Waals surface area contributed by atoms with Crippen LogP contribution < -0.4 is 5.32 Å². The van der Waals surface area contributed by atoms with E-state index in [1.54, 1.807) is 0 Å². The molecule has 0 bridgehead atoms. The summed E-state index contributed by atoms with van der Waals surface area (Å²) in [5.41, 5.74) is 0.325. The zero-order chi connectivity index (χ0) is 13.6. The number of nitrogens with one attached hydrogen (secondary N) is 1. The minimum absolute atomic E-state index is 0.313. The fraction of sp³-hybridized carbons (Fsp3) is 0.938. The molecule has 4 rings (SSSR count). The summed E-state index contributed by atoms with van der Waals surface area (Å²) in [6, 6.07) is 1.10. The maximum absolute atomic E-state index is 12.9. The lowest BCUT2D eigenvalue weighted by Gasteiger charge is -2.28. The second kappa shape index (κ2) is 4.99. The molecule has 2 aliphatic carbocycles. The van der Waals surface area contributed by atoms with Gasteiger partial charge >= 0.3 is 0 Å². The van der Waals surface area contributed by atoms with E-state index in [0.29, 0.717) is 29.3 Å². The number of hydrogen-bond donors (Lipinski definition) is 1. The first-order chi connectivity index (χ1) is 9.78. The maximum Gasteiger partial charge on any atom is 0.226 e. The van der Waals surface area contributed by atoms with Crippen molar-refractivity contribution in [3.05, 3.63) is 0 Å². The van der Waals surface area contributed by atoms with Gasteiger partial charge in [0.2, 0.25) is 5.91 Å². The largest absolute Gasteiger partial charge is 0.381 e. The van der Waals surface area contributed by atoms with E-state index in [0.717, 1.165) is 45.6 Å². The third-order valence-corrected chi connectivity index (χ3v) is 5.83. The first kappa shape index (κ1) is 13.1. The molecule has 2 atom stereocenters. The van der Waals surface area contributed by atoms with Gasteiger partial charge in [-0.1, -0.05) is 0 Å². The molecule has 1 N–H and O–H groups in total. The quantitative estimate of drug-likeness (QED) is 0.848. The minimum Gasteiger partial charge on any atom is -0.381 e. The molecule has 1 amide bonds. The molecule has 0 aromatic rings. The van der Waals surface area contributed by atoms with E-state index in [1.165, 1.54) is 25.7 Å². The standard InChI is InChI=1S/C16H26N2O2/c19-15(14-10-16(14)5-8-20-9-6-16)18(13-3-4-13)11-12-2-1-7-17-12/h12-14,17H,1-11H2. The monoisotopic (exact) mass is 278 g/mol. The molecule has 112 valence electrons. The molecule has 0 aromatic carbocycles. The second-order valence-corrected chi connectivity index (χ2v) is 7.25. The van der Waals surface area contributed by atoms with Gasteiger partial charge in [0.1, 0.15) is 0 Å². The van der Waals surface area contributed by atoms with Crippen molar-refractivity contribution >= 4 is 5.91 Å². The van der Waals surface area contributed by atoms with Gasteiger partial charge in [-0.15, -0.1) is 0 Å². The maximum atomic E-state index is 12.9. The fourth-order valence-electron chi connectivity index (χ4n) is 4.18. The minimum atomic E-state index is 0.313. The molecule has 2 aliphatic heterocycles. The van der Waals surface area contributed by atoms with Gasteiger partial charge in [-0.3, -0.25) is 4.79 Å². The average molecular weight is 278 g/mol. The lowest BCUT2D eigenvalue weighted by molar-refractivity contribution is -0.135. The number of rotatable bonds is 4. The number of amides is 1. The third kappa shape index (κ3) is 2.37. The highest BCUT2D eigenvalue weighted by Crippen LogP contribution is 2.60. The van der Waals surface area contributed by atoms with Crippen LogP contribution in [0.3, 0.4) is 0 Å². The predicted molar refractivity (Wildman–Crippen MR) is 76.4 cm³/mol. The van der Waals surface area contributed by atoms with Crippen molar-refractivity contribution in [2.24, 2.45) is 11.3 Å². The summed E-state index contributed by atoms with van der Waals surface area (Å²) < 4.78 is 5.47. The van der Waals surface area contributed by atoms with Crippen molar-refractivity contribution in [1.29, 1.82) is 0 Å². The molecule has 2 saturated carbocycles. The van der Waals surface area contributed by atoms with Crippen molar-refractivity contribution in [2.75, 3.05) is 26.3 Å². The SMILES string of the molecule is O=C(C1CC12CCOCC2)N(CC1CCCN1)C1CC1. The first-order valence-corrected chi connectivity index (χ1v) is 8.40. The molecule has 4 heteroatoms. The fourth-order valence-corrected chi connectivity index (χ4v) is 4.18. The van der Waals surface area contributed by atoms with E-state index in [4.69, 9.17) is 4.74 Å². The van der Waals surface area contributed by atoms with Crippen molar-refractivity contribution < 1.29 is 9.53 Å². The van der Waals surface area contributed by atoms with E-state index in [-0.39, 0.29) is 0 Å². The lowest BCUT2D eigenvalue weighted by Crippen LogP contribution is -2.44. The van der Waals surface area contributed by atoms with Crippen LogP contribution >= 0.6 is 0 Å².